The molecule has 0 radical (unpaired) electrons. The fourth-order valence-corrected chi connectivity index (χ4v) is 3.40. The lowest BCUT2D eigenvalue weighted by molar-refractivity contribution is -0.137. The first-order valence-electron chi connectivity index (χ1n) is 9.22. The van der Waals surface area contributed by atoms with Crippen LogP contribution in [0.25, 0.3) is 0 Å². The molecule has 31 heavy (non-hydrogen) atoms. The van der Waals surface area contributed by atoms with E-state index in [-0.39, 0.29) is 0 Å². The summed E-state index contributed by atoms with van der Waals surface area (Å²) in [5, 5.41) is 2.91. The fraction of sp³-hybridized carbons (Fsp3) is 0.182. The van der Waals surface area contributed by atoms with Gasteiger partial charge in [-0.25, -0.2) is 0 Å². The van der Waals surface area contributed by atoms with Crippen LogP contribution >= 0.6 is 23.8 Å². The monoisotopic (exact) mass is 465 g/mol. The molecule has 0 aliphatic heterocycles. The summed E-state index contributed by atoms with van der Waals surface area (Å²) < 4.78 is 44.1. The van der Waals surface area contributed by atoms with Crippen LogP contribution in [0, 0.1) is 0 Å². The Balaban J connectivity index is 1.80. The van der Waals surface area contributed by atoms with Crippen LogP contribution in [-0.2, 0) is 19.3 Å². The van der Waals surface area contributed by atoms with Crippen molar-refractivity contribution in [2.24, 2.45) is 0 Å². The van der Waals surface area contributed by atoms with E-state index in [0.717, 1.165) is 23.1 Å². The zero-order valence-corrected chi connectivity index (χ0v) is 18.1. The minimum Gasteiger partial charge on any atom is -0.497 e. The molecule has 0 spiro atoms. The number of nitrogens with one attached hydrogen (secondary N) is 1. The molecule has 1 N–H and O–H groups in total. The second kappa shape index (κ2) is 9.98. The number of rotatable bonds is 6. The van der Waals surface area contributed by atoms with Crippen molar-refractivity contribution in [3.63, 3.8) is 0 Å². The Bertz CT molecular complexity index is 1030. The van der Waals surface area contributed by atoms with Crippen LogP contribution in [0.5, 0.6) is 5.75 Å². The molecule has 0 amide bonds. The molecule has 2 aromatic carbocycles. The Labute approximate surface area is 188 Å². The van der Waals surface area contributed by atoms with Gasteiger partial charge in [-0.2, -0.15) is 13.2 Å². The van der Waals surface area contributed by atoms with E-state index in [2.05, 4.69) is 10.3 Å². The first-order valence-corrected chi connectivity index (χ1v) is 10.0. The summed E-state index contributed by atoms with van der Waals surface area (Å²) in [6, 6.07) is 16.5. The van der Waals surface area contributed by atoms with Crippen molar-refractivity contribution < 1.29 is 17.9 Å². The van der Waals surface area contributed by atoms with Crippen LogP contribution in [0.2, 0.25) is 5.02 Å². The summed E-state index contributed by atoms with van der Waals surface area (Å²) in [4.78, 5) is 6.20. The highest BCUT2D eigenvalue weighted by atomic mass is 35.5. The maximum Gasteiger partial charge on any atom is 0.417 e. The van der Waals surface area contributed by atoms with E-state index in [9.17, 15) is 13.2 Å². The van der Waals surface area contributed by atoms with Gasteiger partial charge in [0, 0.05) is 18.4 Å². The first-order chi connectivity index (χ1) is 14.8. The molecule has 0 saturated heterocycles. The number of methoxy groups -OCH3 is 1. The summed E-state index contributed by atoms with van der Waals surface area (Å²) in [5.74, 6) is 0.736. The summed E-state index contributed by atoms with van der Waals surface area (Å²) in [5.41, 5.74) is 1.25. The molecule has 0 bridgehead atoms. The van der Waals surface area contributed by atoms with Crippen molar-refractivity contribution in [2.75, 3.05) is 12.4 Å². The van der Waals surface area contributed by atoms with Crippen molar-refractivity contribution in [2.45, 2.75) is 19.3 Å². The summed E-state index contributed by atoms with van der Waals surface area (Å²) in [7, 11) is 1.59. The minimum atomic E-state index is -4.52. The van der Waals surface area contributed by atoms with Gasteiger partial charge in [0.25, 0.3) is 0 Å². The Kier molecular flexibility index (Phi) is 7.35. The van der Waals surface area contributed by atoms with Gasteiger partial charge in [0.15, 0.2) is 5.11 Å². The lowest BCUT2D eigenvalue weighted by Gasteiger charge is -2.26. The number of hydrogen-bond acceptors (Lipinski definition) is 3. The molecule has 0 fully saturated rings. The van der Waals surface area contributed by atoms with Crippen molar-refractivity contribution in [1.29, 1.82) is 0 Å². The van der Waals surface area contributed by atoms with E-state index < -0.39 is 16.8 Å². The van der Waals surface area contributed by atoms with Gasteiger partial charge in [0.2, 0.25) is 0 Å². The minimum absolute atomic E-state index is 0.331. The zero-order valence-electron chi connectivity index (χ0n) is 16.5. The van der Waals surface area contributed by atoms with E-state index in [0.29, 0.717) is 23.9 Å². The molecule has 162 valence electrons. The van der Waals surface area contributed by atoms with Gasteiger partial charge in [0.05, 0.1) is 29.9 Å². The third kappa shape index (κ3) is 6.32. The van der Waals surface area contributed by atoms with Gasteiger partial charge >= 0.3 is 6.18 Å². The molecule has 0 saturated carbocycles. The Hall–Kier alpha value is -2.84. The maximum absolute atomic E-state index is 13.0. The van der Waals surface area contributed by atoms with Crippen LogP contribution < -0.4 is 10.1 Å². The highest BCUT2D eigenvalue weighted by molar-refractivity contribution is 7.80. The predicted octanol–water partition coefficient (Wildman–Crippen LogP) is 6.16. The van der Waals surface area contributed by atoms with Crippen molar-refractivity contribution >= 4 is 34.6 Å². The SMILES string of the molecule is COc1ccc(CN(Cc2ccccn2)C(=S)Nc2ccc(C(F)(F)F)c(Cl)c2)cc1. The largest absolute Gasteiger partial charge is 0.497 e. The molecular formula is C22H19ClF3N3OS. The molecule has 3 aromatic rings. The van der Waals surface area contributed by atoms with Gasteiger partial charge in [-0.15, -0.1) is 0 Å². The zero-order chi connectivity index (χ0) is 22.4. The fourth-order valence-electron chi connectivity index (χ4n) is 2.86. The molecule has 9 heteroatoms. The number of alkyl halides is 3. The summed E-state index contributed by atoms with van der Waals surface area (Å²) >= 11 is 11.4. The van der Waals surface area contributed by atoms with Gasteiger partial charge in [-0.05, 0) is 60.2 Å². The molecule has 0 aliphatic rings. The number of hydrogen-bond donors (Lipinski definition) is 1. The number of benzene rings is 2. The number of pyridine rings is 1. The van der Waals surface area contributed by atoms with Crippen molar-refractivity contribution in [1.82, 2.24) is 9.88 Å². The third-order valence-electron chi connectivity index (χ3n) is 4.42. The molecule has 3 rings (SSSR count). The van der Waals surface area contributed by atoms with E-state index in [1.165, 1.54) is 12.1 Å². The quantitative estimate of drug-likeness (QED) is 0.441. The van der Waals surface area contributed by atoms with Crippen LogP contribution in [0.15, 0.2) is 66.9 Å². The Morgan fingerprint density at radius 3 is 2.42 bits per heavy atom. The maximum atomic E-state index is 13.0. The second-order valence-electron chi connectivity index (χ2n) is 6.65. The van der Waals surface area contributed by atoms with Crippen LogP contribution in [-0.4, -0.2) is 22.1 Å². The van der Waals surface area contributed by atoms with Crippen molar-refractivity contribution in [3.05, 3.63) is 88.7 Å². The number of anilines is 1. The normalized spacial score (nSPS) is 11.1. The second-order valence-corrected chi connectivity index (χ2v) is 7.44. The number of aromatic nitrogens is 1. The van der Waals surface area contributed by atoms with E-state index >= 15 is 0 Å². The molecule has 0 atom stereocenters. The first kappa shape index (κ1) is 22.8. The van der Waals surface area contributed by atoms with E-state index in [4.69, 9.17) is 28.6 Å². The molecule has 0 unspecified atom stereocenters. The van der Waals surface area contributed by atoms with Crippen LogP contribution in [0.1, 0.15) is 16.8 Å². The number of ether oxygens (including phenoxy) is 1. The van der Waals surface area contributed by atoms with Gasteiger partial charge < -0.3 is 15.0 Å². The topological polar surface area (TPSA) is 37.4 Å². The average molecular weight is 466 g/mol. The molecule has 1 heterocycles. The van der Waals surface area contributed by atoms with Gasteiger partial charge in [-0.3, -0.25) is 4.98 Å². The molecular weight excluding hydrogens is 447 g/mol. The summed E-state index contributed by atoms with van der Waals surface area (Å²) in [6.07, 6.45) is -2.83. The average Bonchev–Trinajstić information content (AvgIpc) is 2.73. The molecule has 4 nitrogen and oxygen atoms in total. The smallest absolute Gasteiger partial charge is 0.417 e. The molecule has 0 aliphatic carbocycles. The van der Waals surface area contributed by atoms with Gasteiger partial charge in [-0.1, -0.05) is 29.8 Å². The lowest BCUT2D eigenvalue weighted by atomic mass is 10.2. The van der Waals surface area contributed by atoms with E-state index in [1.807, 2.05) is 47.4 Å². The number of thiocarbonyl (C=S) groups is 1. The number of nitrogens with zero attached hydrogens (tertiary/aromatic N) is 2. The highest BCUT2D eigenvalue weighted by Crippen LogP contribution is 2.35. The van der Waals surface area contributed by atoms with E-state index in [1.54, 1.807) is 13.3 Å². The number of halogens is 4. The van der Waals surface area contributed by atoms with Gasteiger partial charge in [0.1, 0.15) is 5.75 Å². The Morgan fingerprint density at radius 2 is 1.84 bits per heavy atom. The van der Waals surface area contributed by atoms with Crippen molar-refractivity contribution in [3.8, 4) is 5.75 Å². The van der Waals surface area contributed by atoms with Crippen LogP contribution in [0.4, 0.5) is 18.9 Å². The standard InChI is InChI=1S/C22H19ClF3N3OS/c1-30-18-8-5-15(6-9-18)13-29(14-17-4-2-3-11-27-17)21(31)28-16-7-10-19(20(23)12-16)22(24,25)26/h2-12H,13-14H2,1H3,(H,28,31). The Morgan fingerprint density at radius 1 is 1.10 bits per heavy atom. The third-order valence-corrected chi connectivity index (χ3v) is 5.10. The summed E-state index contributed by atoms with van der Waals surface area (Å²) in [6.45, 7) is 0.869. The predicted molar refractivity (Wildman–Crippen MR) is 119 cm³/mol. The lowest BCUT2D eigenvalue weighted by Crippen LogP contribution is -2.34. The highest BCUT2D eigenvalue weighted by Gasteiger charge is 2.33. The molecule has 1 aromatic heterocycles. The van der Waals surface area contributed by atoms with Crippen LogP contribution in [0.3, 0.4) is 0 Å².